The average molecular weight is 558 g/mol. The van der Waals surface area contributed by atoms with E-state index < -0.39 is 0 Å². The zero-order valence-corrected chi connectivity index (χ0v) is 23.1. The van der Waals surface area contributed by atoms with Crippen molar-refractivity contribution in [3.05, 3.63) is 164 Å². The van der Waals surface area contributed by atoms with Gasteiger partial charge in [-0.1, -0.05) is 133 Å². The van der Waals surface area contributed by atoms with Crippen molar-refractivity contribution in [2.75, 3.05) is 0 Å². The van der Waals surface area contributed by atoms with Crippen molar-refractivity contribution in [2.45, 2.75) is 0 Å². The molecule has 7 rings (SSSR count). The Morgan fingerprint density at radius 3 is 1.18 bits per heavy atom. The molecule has 0 radical (unpaired) electrons. The minimum Gasteiger partial charge on any atom is -0.358 e. The third-order valence-electron chi connectivity index (χ3n) is 7.08. The Hall–Kier alpha value is -4.59. The molecule has 1 aliphatic carbocycles. The summed E-state index contributed by atoms with van der Waals surface area (Å²) in [5, 5.41) is 2.41. The first-order chi connectivity index (χ1) is 18.9. The Kier molecular flexibility index (Phi) is 7.87. The first-order valence-electron chi connectivity index (χ1n) is 12.9. The van der Waals surface area contributed by atoms with Crippen LogP contribution in [0.25, 0.3) is 33.0 Å². The minimum atomic E-state index is 0. The maximum atomic E-state index is 5.34. The molecule has 0 saturated carbocycles. The van der Waals surface area contributed by atoms with E-state index in [1.165, 1.54) is 10.8 Å². The van der Waals surface area contributed by atoms with E-state index in [4.69, 9.17) is 9.98 Å². The molecule has 3 heteroatoms. The maximum absolute atomic E-state index is 5.34. The van der Waals surface area contributed by atoms with Gasteiger partial charge in [-0.3, -0.25) is 0 Å². The molecule has 194 valence electrons. The van der Waals surface area contributed by atoms with Gasteiger partial charge in [-0.2, -0.15) is 0 Å². The summed E-state index contributed by atoms with van der Waals surface area (Å²) in [7, 11) is 0. The van der Waals surface area contributed by atoms with Gasteiger partial charge in [-0.05, 0) is 28.6 Å². The van der Waals surface area contributed by atoms with Crippen LogP contribution in [0.4, 0.5) is 11.4 Å². The fraction of sp³-hybridized carbons (Fsp3) is 0. The number of hydrogen-bond acceptors (Lipinski definition) is 2. The summed E-state index contributed by atoms with van der Waals surface area (Å²) in [6, 6.07) is 50.5. The van der Waals surface area contributed by atoms with Crippen LogP contribution in [0.2, 0.25) is 0 Å². The molecule has 0 aliphatic heterocycles. The number of aliphatic imine (C=N–C) groups is 2. The van der Waals surface area contributed by atoms with Crippen molar-refractivity contribution in [3.8, 4) is 22.3 Å². The summed E-state index contributed by atoms with van der Waals surface area (Å²) in [6.45, 7) is 0. The predicted molar refractivity (Wildman–Crippen MR) is 167 cm³/mol. The molecule has 6 aromatic carbocycles. The molecular formula is C37H27N2Ni+. The van der Waals surface area contributed by atoms with Crippen LogP contribution in [-0.4, -0.2) is 11.4 Å². The van der Waals surface area contributed by atoms with Gasteiger partial charge in [-0.25, -0.2) is 9.98 Å². The van der Waals surface area contributed by atoms with Crippen molar-refractivity contribution >= 4 is 33.6 Å². The molecule has 0 heterocycles. The van der Waals surface area contributed by atoms with E-state index in [2.05, 4.69) is 133 Å². The van der Waals surface area contributed by atoms with E-state index in [1.807, 2.05) is 12.1 Å². The Labute approximate surface area is 245 Å². The van der Waals surface area contributed by atoms with Crippen LogP contribution in [-0.2, 0) is 16.5 Å². The Morgan fingerprint density at radius 1 is 0.350 bits per heavy atom. The van der Waals surface area contributed by atoms with Crippen molar-refractivity contribution < 1.29 is 16.5 Å². The van der Waals surface area contributed by atoms with E-state index in [9.17, 15) is 0 Å². The first-order valence-corrected chi connectivity index (χ1v) is 12.9. The van der Waals surface area contributed by atoms with Crippen LogP contribution in [0.1, 0.15) is 11.1 Å². The van der Waals surface area contributed by atoms with Crippen molar-refractivity contribution in [3.63, 3.8) is 0 Å². The predicted octanol–water partition coefficient (Wildman–Crippen LogP) is 9.88. The number of hydrogen-bond donors (Lipinski definition) is 0. The molecule has 0 amide bonds. The van der Waals surface area contributed by atoms with Gasteiger partial charge in [-0.15, -0.1) is 0 Å². The van der Waals surface area contributed by atoms with Crippen LogP contribution < -0.4 is 0 Å². The second kappa shape index (κ2) is 11.7. The van der Waals surface area contributed by atoms with Crippen LogP contribution >= 0.6 is 0 Å². The first kappa shape index (κ1) is 27.0. The summed E-state index contributed by atoms with van der Waals surface area (Å²) in [6.07, 6.45) is 0. The van der Waals surface area contributed by atoms with Gasteiger partial charge in [0.2, 0.25) is 0 Å². The fourth-order valence-corrected chi connectivity index (χ4v) is 5.32. The number of rotatable bonds is 4. The Bertz CT molecular complexity index is 1720. The van der Waals surface area contributed by atoms with Crippen LogP contribution in [0.5, 0.6) is 0 Å². The molecule has 40 heavy (non-hydrogen) atoms. The molecule has 0 spiro atoms. The van der Waals surface area contributed by atoms with Gasteiger partial charge in [0.15, 0.2) is 0 Å². The van der Waals surface area contributed by atoms with Gasteiger partial charge in [0.05, 0.1) is 22.8 Å². The summed E-state index contributed by atoms with van der Waals surface area (Å²) in [4.78, 5) is 10.7. The second-order valence-electron chi connectivity index (χ2n) is 9.40. The van der Waals surface area contributed by atoms with Gasteiger partial charge in [0.25, 0.3) is 0 Å². The van der Waals surface area contributed by atoms with Crippen LogP contribution in [0, 0.1) is 7.43 Å². The molecule has 0 atom stereocenters. The van der Waals surface area contributed by atoms with Crippen LogP contribution in [0.15, 0.2) is 156 Å². The van der Waals surface area contributed by atoms with Gasteiger partial charge < -0.3 is 7.43 Å². The fourth-order valence-electron chi connectivity index (χ4n) is 5.32. The smallest absolute Gasteiger partial charge is 0.358 e. The van der Waals surface area contributed by atoms with Crippen molar-refractivity contribution in [1.82, 2.24) is 0 Å². The summed E-state index contributed by atoms with van der Waals surface area (Å²) < 4.78 is 0. The SMILES string of the molecule is [CH3-].[Ni+2].c1ccc(-c2ccccc2N=C2C(=Nc3ccccc3-c3ccccc3)c3cccc4cccc2c34)cc1. The molecule has 2 nitrogen and oxygen atoms in total. The van der Waals surface area contributed by atoms with E-state index in [1.54, 1.807) is 0 Å². The maximum Gasteiger partial charge on any atom is 2.00 e. The average Bonchev–Trinajstić information content (AvgIpc) is 3.28. The van der Waals surface area contributed by atoms with Gasteiger partial charge >= 0.3 is 16.5 Å². The largest absolute Gasteiger partial charge is 2.00 e. The van der Waals surface area contributed by atoms with E-state index in [-0.39, 0.29) is 23.9 Å². The molecule has 0 saturated heterocycles. The molecule has 0 bridgehead atoms. The molecule has 0 aromatic heterocycles. The minimum absolute atomic E-state index is 0. The van der Waals surface area contributed by atoms with E-state index in [0.29, 0.717) is 0 Å². The zero-order valence-electron chi connectivity index (χ0n) is 22.1. The van der Waals surface area contributed by atoms with Gasteiger partial charge in [0.1, 0.15) is 0 Å². The molecule has 1 aliphatic rings. The van der Waals surface area contributed by atoms with E-state index >= 15 is 0 Å². The number of nitrogens with zero attached hydrogens (tertiary/aromatic N) is 2. The number of benzene rings is 6. The normalized spacial score (nSPS) is 13.7. The molecule has 0 unspecified atom stereocenters. The monoisotopic (exact) mass is 557 g/mol. The number of para-hydroxylation sites is 2. The zero-order chi connectivity index (χ0) is 25.3. The molecule has 0 fully saturated rings. The standard InChI is InChI=1S/C36H24N2.CH3.Ni/c1-3-13-25(14-4-1)28-19-7-9-23-32(28)37-35-30-21-11-17-27-18-12-22-31(34(27)30)36(35)38-33-24-10-8-20-29(33)26-15-5-2-6-16-26;;/h1-24H;1H3;/q;-1;+2. The Balaban J connectivity index is 0.00000161. The quantitative estimate of drug-likeness (QED) is 0.152. The molecular weight excluding hydrogens is 531 g/mol. The second-order valence-corrected chi connectivity index (χ2v) is 9.40. The molecule has 6 aromatic rings. The van der Waals surface area contributed by atoms with E-state index in [0.717, 1.165) is 56.2 Å². The van der Waals surface area contributed by atoms with Crippen molar-refractivity contribution in [1.29, 1.82) is 0 Å². The third kappa shape index (κ3) is 4.81. The topological polar surface area (TPSA) is 24.7 Å². The third-order valence-corrected chi connectivity index (χ3v) is 7.08. The van der Waals surface area contributed by atoms with Crippen LogP contribution in [0.3, 0.4) is 0 Å². The van der Waals surface area contributed by atoms with Crippen molar-refractivity contribution in [2.24, 2.45) is 9.98 Å². The summed E-state index contributed by atoms with van der Waals surface area (Å²) >= 11 is 0. The van der Waals surface area contributed by atoms with Gasteiger partial charge in [0, 0.05) is 27.6 Å². The summed E-state index contributed by atoms with van der Waals surface area (Å²) in [5.41, 5.74) is 10.4. The summed E-state index contributed by atoms with van der Waals surface area (Å²) in [5.74, 6) is 0. The Morgan fingerprint density at radius 2 is 0.725 bits per heavy atom. The molecule has 0 N–H and O–H groups in total.